The SMILES string of the molecule is Cc1c(NC(=O)CN2CCC(c3nc4ccc(F)cc4[nH]3)CC2)cnn1C. The van der Waals surface area contributed by atoms with Gasteiger partial charge >= 0.3 is 0 Å². The first-order chi connectivity index (χ1) is 13.0. The molecule has 2 aromatic heterocycles. The predicted molar refractivity (Wildman–Crippen MR) is 101 cm³/mol. The van der Waals surface area contributed by atoms with E-state index in [1.807, 2.05) is 14.0 Å². The van der Waals surface area contributed by atoms with E-state index in [9.17, 15) is 9.18 Å². The molecule has 3 heterocycles. The molecular weight excluding hydrogens is 347 g/mol. The number of rotatable bonds is 4. The number of aromatic nitrogens is 4. The van der Waals surface area contributed by atoms with E-state index < -0.39 is 0 Å². The third-order valence-electron chi connectivity index (χ3n) is 5.31. The van der Waals surface area contributed by atoms with Crippen LogP contribution < -0.4 is 5.32 Å². The van der Waals surface area contributed by atoms with Crippen LogP contribution in [0.15, 0.2) is 24.4 Å². The van der Waals surface area contributed by atoms with E-state index in [0.29, 0.717) is 12.5 Å². The number of likely N-dealkylation sites (tertiary alicyclic amines) is 1. The number of imidazole rings is 1. The van der Waals surface area contributed by atoms with Gasteiger partial charge in [-0.2, -0.15) is 5.10 Å². The van der Waals surface area contributed by atoms with Gasteiger partial charge in [0.2, 0.25) is 5.91 Å². The van der Waals surface area contributed by atoms with Crippen LogP contribution in [-0.2, 0) is 11.8 Å². The molecule has 0 saturated carbocycles. The Balaban J connectivity index is 1.33. The predicted octanol–water partition coefficient (Wildman–Crippen LogP) is 2.56. The number of hydrogen-bond donors (Lipinski definition) is 2. The monoisotopic (exact) mass is 370 g/mol. The van der Waals surface area contributed by atoms with Crippen molar-refractivity contribution in [1.29, 1.82) is 0 Å². The summed E-state index contributed by atoms with van der Waals surface area (Å²) in [5.41, 5.74) is 3.22. The molecule has 3 aromatic rings. The van der Waals surface area contributed by atoms with Gasteiger partial charge in [0, 0.05) is 13.0 Å². The number of piperidine rings is 1. The average Bonchev–Trinajstić information content (AvgIpc) is 3.20. The Hall–Kier alpha value is -2.74. The molecule has 27 heavy (non-hydrogen) atoms. The highest BCUT2D eigenvalue weighted by Crippen LogP contribution is 2.28. The number of aromatic amines is 1. The normalized spacial score (nSPS) is 16.1. The van der Waals surface area contributed by atoms with Crippen LogP contribution in [0.2, 0.25) is 0 Å². The van der Waals surface area contributed by atoms with Crippen molar-refractivity contribution in [1.82, 2.24) is 24.6 Å². The second kappa shape index (κ2) is 7.11. The molecule has 8 heteroatoms. The van der Waals surface area contributed by atoms with E-state index in [1.165, 1.54) is 12.1 Å². The van der Waals surface area contributed by atoms with Crippen molar-refractivity contribution in [3.8, 4) is 0 Å². The second-order valence-corrected chi connectivity index (χ2v) is 7.15. The van der Waals surface area contributed by atoms with Gasteiger partial charge in [-0.3, -0.25) is 14.4 Å². The number of carbonyl (C=O) groups is 1. The van der Waals surface area contributed by atoms with Gasteiger partial charge in [-0.25, -0.2) is 9.37 Å². The molecule has 7 nitrogen and oxygen atoms in total. The molecule has 1 amide bonds. The summed E-state index contributed by atoms with van der Waals surface area (Å²) in [6.45, 7) is 3.95. The van der Waals surface area contributed by atoms with Crippen LogP contribution >= 0.6 is 0 Å². The third kappa shape index (κ3) is 3.71. The number of hydrogen-bond acceptors (Lipinski definition) is 4. The highest BCUT2D eigenvalue weighted by atomic mass is 19.1. The molecule has 0 spiro atoms. The number of nitrogens with zero attached hydrogens (tertiary/aromatic N) is 4. The van der Waals surface area contributed by atoms with Gasteiger partial charge in [0.05, 0.1) is 35.2 Å². The number of carbonyl (C=O) groups excluding carboxylic acids is 1. The number of fused-ring (bicyclic) bond motifs is 1. The van der Waals surface area contributed by atoms with Crippen LogP contribution in [0.3, 0.4) is 0 Å². The molecule has 0 radical (unpaired) electrons. The quantitative estimate of drug-likeness (QED) is 0.740. The summed E-state index contributed by atoms with van der Waals surface area (Å²) in [5, 5.41) is 7.06. The highest BCUT2D eigenvalue weighted by molar-refractivity contribution is 5.92. The van der Waals surface area contributed by atoms with Crippen LogP contribution in [0.25, 0.3) is 11.0 Å². The van der Waals surface area contributed by atoms with E-state index in [4.69, 9.17) is 0 Å². The van der Waals surface area contributed by atoms with Crippen LogP contribution in [-0.4, -0.2) is 50.2 Å². The zero-order valence-corrected chi connectivity index (χ0v) is 15.5. The summed E-state index contributed by atoms with van der Waals surface area (Å²) in [4.78, 5) is 22.3. The third-order valence-corrected chi connectivity index (χ3v) is 5.31. The van der Waals surface area contributed by atoms with Gasteiger partial charge in [0.25, 0.3) is 0 Å². The molecule has 1 aliphatic heterocycles. The number of benzene rings is 1. The molecule has 0 unspecified atom stereocenters. The van der Waals surface area contributed by atoms with Gasteiger partial charge in [-0.1, -0.05) is 0 Å². The zero-order chi connectivity index (χ0) is 19.0. The van der Waals surface area contributed by atoms with E-state index in [2.05, 4.69) is 25.3 Å². The topological polar surface area (TPSA) is 78.8 Å². The van der Waals surface area contributed by atoms with Crippen molar-refractivity contribution in [2.24, 2.45) is 7.05 Å². The Morgan fingerprint density at radius 1 is 1.37 bits per heavy atom. The van der Waals surface area contributed by atoms with Gasteiger partial charge in [-0.15, -0.1) is 0 Å². The summed E-state index contributed by atoms with van der Waals surface area (Å²) in [7, 11) is 1.85. The van der Waals surface area contributed by atoms with Crippen molar-refractivity contribution in [2.75, 3.05) is 25.0 Å². The lowest BCUT2D eigenvalue weighted by Gasteiger charge is -2.30. The van der Waals surface area contributed by atoms with Crippen molar-refractivity contribution in [3.05, 3.63) is 41.7 Å². The first-order valence-electron chi connectivity index (χ1n) is 9.15. The molecule has 1 aromatic carbocycles. The second-order valence-electron chi connectivity index (χ2n) is 7.15. The fourth-order valence-corrected chi connectivity index (χ4v) is 3.57. The molecule has 0 aliphatic carbocycles. The number of nitrogens with one attached hydrogen (secondary N) is 2. The van der Waals surface area contributed by atoms with Crippen LogP contribution in [0.4, 0.5) is 10.1 Å². The lowest BCUT2D eigenvalue weighted by atomic mass is 9.96. The number of H-pyrrole nitrogens is 1. The zero-order valence-electron chi connectivity index (χ0n) is 15.5. The molecule has 1 saturated heterocycles. The minimum absolute atomic E-state index is 0.0243. The highest BCUT2D eigenvalue weighted by Gasteiger charge is 2.24. The first kappa shape index (κ1) is 17.7. The summed E-state index contributed by atoms with van der Waals surface area (Å²) in [5.74, 6) is 0.928. The van der Waals surface area contributed by atoms with Gasteiger partial charge in [0.1, 0.15) is 11.6 Å². The molecule has 0 bridgehead atoms. The van der Waals surface area contributed by atoms with Crippen molar-refractivity contribution in [2.45, 2.75) is 25.7 Å². The fourth-order valence-electron chi connectivity index (χ4n) is 3.57. The molecule has 1 aliphatic rings. The van der Waals surface area contributed by atoms with Gasteiger partial charge in [0.15, 0.2) is 0 Å². The molecule has 4 rings (SSSR count). The van der Waals surface area contributed by atoms with E-state index in [-0.39, 0.29) is 11.7 Å². The summed E-state index contributed by atoms with van der Waals surface area (Å²) >= 11 is 0. The first-order valence-corrected chi connectivity index (χ1v) is 9.15. The summed E-state index contributed by atoms with van der Waals surface area (Å²) < 4.78 is 15.1. The van der Waals surface area contributed by atoms with Crippen LogP contribution in [0.1, 0.15) is 30.3 Å². The maximum atomic E-state index is 13.3. The Morgan fingerprint density at radius 3 is 2.85 bits per heavy atom. The van der Waals surface area contributed by atoms with Gasteiger partial charge < -0.3 is 10.3 Å². The lowest BCUT2D eigenvalue weighted by molar-refractivity contribution is -0.117. The minimum Gasteiger partial charge on any atom is -0.342 e. The van der Waals surface area contributed by atoms with Crippen LogP contribution in [0.5, 0.6) is 0 Å². The molecule has 142 valence electrons. The maximum Gasteiger partial charge on any atom is 0.238 e. The number of amides is 1. The Morgan fingerprint density at radius 2 is 2.15 bits per heavy atom. The molecule has 2 N–H and O–H groups in total. The van der Waals surface area contributed by atoms with E-state index in [1.54, 1.807) is 16.9 Å². The Labute approximate surface area is 156 Å². The Bertz CT molecular complexity index is 970. The van der Waals surface area contributed by atoms with Crippen molar-refractivity contribution < 1.29 is 9.18 Å². The summed E-state index contributed by atoms with van der Waals surface area (Å²) in [6, 6.07) is 4.61. The number of anilines is 1. The molecular formula is C19H23FN6O. The maximum absolute atomic E-state index is 13.3. The van der Waals surface area contributed by atoms with Crippen molar-refractivity contribution >= 4 is 22.6 Å². The van der Waals surface area contributed by atoms with Gasteiger partial charge in [-0.05, 0) is 51.1 Å². The standard InChI is InChI=1S/C19H23FN6O/c1-12-17(10-21-25(12)2)22-18(27)11-26-7-5-13(6-8-26)19-23-15-4-3-14(20)9-16(15)24-19/h3-4,9-10,13H,5-8,11H2,1-2H3,(H,22,27)(H,23,24). The minimum atomic E-state index is -0.262. The Kier molecular flexibility index (Phi) is 4.65. The number of aryl methyl sites for hydroxylation is 1. The van der Waals surface area contributed by atoms with E-state index in [0.717, 1.165) is 54.2 Å². The lowest BCUT2D eigenvalue weighted by Crippen LogP contribution is -2.39. The fraction of sp³-hybridized carbons (Fsp3) is 0.421. The van der Waals surface area contributed by atoms with Crippen LogP contribution in [0, 0.1) is 12.7 Å². The summed E-state index contributed by atoms with van der Waals surface area (Å²) in [6.07, 6.45) is 3.51. The molecule has 1 fully saturated rings. The molecule has 0 atom stereocenters. The van der Waals surface area contributed by atoms with E-state index >= 15 is 0 Å². The average molecular weight is 370 g/mol. The van der Waals surface area contributed by atoms with Crippen molar-refractivity contribution in [3.63, 3.8) is 0 Å². The largest absolute Gasteiger partial charge is 0.342 e. The smallest absolute Gasteiger partial charge is 0.238 e. The number of halogens is 1.